The second-order valence-corrected chi connectivity index (χ2v) is 4.75. The van der Waals surface area contributed by atoms with Crippen molar-refractivity contribution >= 4 is 5.78 Å². The zero-order valence-corrected chi connectivity index (χ0v) is 14.6. The topological polar surface area (TPSA) is 17.1 Å². The molecule has 2 aromatic carbocycles. The van der Waals surface area contributed by atoms with Gasteiger partial charge in [-0.05, 0) is 6.92 Å². The van der Waals surface area contributed by atoms with E-state index in [1.165, 1.54) is 29.5 Å². The van der Waals surface area contributed by atoms with Gasteiger partial charge in [-0.2, -0.15) is 23.3 Å². The van der Waals surface area contributed by atoms with Gasteiger partial charge in [0.15, 0.2) is 0 Å². The SMILES string of the molecule is CC[c-]1[cH-][cH-][c-](C(C)=O)[cH-]1.CCc1cc[c-](CC)c1.[Ru]. The summed E-state index contributed by atoms with van der Waals surface area (Å²) in [4.78, 5) is 10.8. The quantitative estimate of drug-likeness (QED) is 0.440. The van der Waals surface area contributed by atoms with Gasteiger partial charge in [0.2, 0.25) is 0 Å². The van der Waals surface area contributed by atoms with E-state index in [2.05, 4.69) is 39.0 Å². The number of Topliss-reactive ketones (excluding diaryl/α,β-unsaturated/α-hetero) is 1. The molecule has 0 radical (unpaired) electrons. The van der Waals surface area contributed by atoms with Crippen molar-refractivity contribution in [1.82, 2.24) is 0 Å². The molecule has 0 aliphatic rings. The van der Waals surface area contributed by atoms with Crippen LogP contribution in [0.2, 0.25) is 0 Å². The van der Waals surface area contributed by atoms with Gasteiger partial charge in [-0.15, -0.1) is 0 Å². The van der Waals surface area contributed by atoms with Crippen LogP contribution in [0.25, 0.3) is 0 Å². The molecule has 0 heterocycles. The molecule has 2 aromatic rings. The molecule has 0 atom stereocenters. The summed E-state index contributed by atoms with van der Waals surface area (Å²) >= 11 is 0. The van der Waals surface area contributed by atoms with Gasteiger partial charge >= 0.3 is 0 Å². The Morgan fingerprint density at radius 1 is 1.20 bits per heavy atom. The van der Waals surface area contributed by atoms with Gasteiger partial charge in [0.25, 0.3) is 0 Å². The maximum absolute atomic E-state index is 10.8. The van der Waals surface area contributed by atoms with Crippen LogP contribution in [0.15, 0.2) is 36.4 Å². The Morgan fingerprint density at radius 2 is 1.90 bits per heavy atom. The summed E-state index contributed by atoms with van der Waals surface area (Å²) in [6, 6.07) is 12.5. The third-order valence-corrected chi connectivity index (χ3v) is 3.33. The summed E-state index contributed by atoms with van der Waals surface area (Å²) in [5, 5.41) is 0. The van der Waals surface area contributed by atoms with Crippen molar-refractivity contribution in [3.63, 3.8) is 0 Å². The van der Waals surface area contributed by atoms with Crippen LogP contribution < -0.4 is 0 Å². The number of hydrogen-bond acceptors (Lipinski definition) is 1. The number of carbonyl (C=O) groups is 1. The van der Waals surface area contributed by atoms with Crippen molar-refractivity contribution in [2.75, 3.05) is 0 Å². The molecule has 20 heavy (non-hydrogen) atoms. The van der Waals surface area contributed by atoms with Crippen LogP contribution in [0.1, 0.15) is 54.7 Å². The molecular weight excluding hydrogens is 333 g/mol. The molecule has 1 nitrogen and oxygen atoms in total. The second kappa shape index (κ2) is 9.83. The van der Waals surface area contributed by atoms with Crippen molar-refractivity contribution < 1.29 is 24.3 Å². The van der Waals surface area contributed by atoms with Crippen LogP contribution in [0.5, 0.6) is 0 Å². The van der Waals surface area contributed by atoms with E-state index < -0.39 is 0 Å². The first-order valence-corrected chi connectivity index (χ1v) is 7.11. The summed E-state index contributed by atoms with van der Waals surface area (Å²) < 4.78 is 0. The van der Waals surface area contributed by atoms with Gasteiger partial charge in [-0.25, -0.2) is 12.5 Å². The maximum Gasteiger partial charge on any atom is 0 e. The summed E-state index contributed by atoms with van der Waals surface area (Å²) in [5.41, 5.74) is 5.00. The van der Waals surface area contributed by atoms with Crippen LogP contribution in [-0.2, 0) is 38.7 Å². The third kappa shape index (κ3) is 5.97. The molecule has 0 unspecified atom stereocenters. The Bertz CT molecular complexity index is 486. The summed E-state index contributed by atoms with van der Waals surface area (Å²) in [5.74, 6) is 0.153. The van der Waals surface area contributed by atoms with E-state index in [9.17, 15) is 4.79 Å². The predicted octanol–water partition coefficient (Wildman–Crippen LogP) is 4.70. The largest absolute Gasteiger partial charge is 0.745 e. The summed E-state index contributed by atoms with van der Waals surface area (Å²) in [6.07, 6.45) is 3.34. The normalized spacial score (nSPS) is 9.40. The van der Waals surface area contributed by atoms with Crippen molar-refractivity contribution in [3.05, 3.63) is 58.7 Å². The summed E-state index contributed by atoms with van der Waals surface area (Å²) in [7, 11) is 0. The monoisotopic (exact) mass is 358 g/mol. The zero-order chi connectivity index (χ0) is 14.3. The van der Waals surface area contributed by atoms with E-state index in [1.54, 1.807) is 6.92 Å². The molecule has 0 saturated carbocycles. The van der Waals surface area contributed by atoms with E-state index in [1.807, 2.05) is 18.2 Å². The number of ketones is 1. The molecule has 0 aliphatic heterocycles. The Hall–Kier alpha value is -1.01. The molecular formula is C18H24ORu-6. The molecule has 2 heteroatoms. The first-order chi connectivity index (χ1) is 9.10. The minimum absolute atomic E-state index is 0. The van der Waals surface area contributed by atoms with Crippen LogP contribution in [0.4, 0.5) is 0 Å². The first kappa shape index (κ1) is 19.0. The molecule has 2 rings (SSSR count). The number of rotatable bonds is 4. The Labute approximate surface area is 135 Å². The van der Waals surface area contributed by atoms with Gasteiger partial charge in [-0.3, -0.25) is 0 Å². The first-order valence-electron chi connectivity index (χ1n) is 7.11. The molecule has 0 bridgehead atoms. The van der Waals surface area contributed by atoms with Crippen LogP contribution in [-0.4, -0.2) is 5.78 Å². The smallest absolute Gasteiger partial charge is 0 e. The van der Waals surface area contributed by atoms with Crippen molar-refractivity contribution in [2.24, 2.45) is 0 Å². The standard InChI is InChI=1S/C9H11O.C9H13.Ru/c1-3-8-4-5-9(6-8)7(2)10;1-3-8-5-6-9(4-2)7-8;/h4-6H,3H2,1-2H3;5-7H,3-4H2,1-2H3;/q-5;-1;. The van der Waals surface area contributed by atoms with E-state index in [0.29, 0.717) is 0 Å². The molecule has 0 amide bonds. The number of carbonyl (C=O) groups excluding carboxylic acids is 1. The van der Waals surface area contributed by atoms with Gasteiger partial charge in [0.05, 0.1) is 0 Å². The number of hydrogen-bond donors (Lipinski definition) is 0. The second-order valence-electron chi connectivity index (χ2n) is 4.75. The molecule has 0 aromatic heterocycles. The Balaban J connectivity index is 0.000000345. The Morgan fingerprint density at radius 3 is 2.20 bits per heavy atom. The predicted molar refractivity (Wildman–Crippen MR) is 82.2 cm³/mol. The number of aryl methyl sites for hydroxylation is 3. The molecule has 0 saturated heterocycles. The minimum atomic E-state index is 0. The third-order valence-electron chi connectivity index (χ3n) is 3.33. The van der Waals surface area contributed by atoms with Crippen LogP contribution in [0, 0.1) is 0 Å². The molecule has 0 spiro atoms. The zero-order valence-electron chi connectivity index (χ0n) is 12.8. The van der Waals surface area contributed by atoms with Crippen molar-refractivity contribution in [1.29, 1.82) is 0 Å². The average molecular weight is 357 g/mol. The van der Waals surface area contributed by atoms with E-state index in [-0.39, 0.29) is 25.3 Å². The van der Waals surface area contributed by atoms with Crippen LogP contribution >= 0.6 is 0 Å². The van der Waals surface area contributed by atoms with Crippen molar-refractivity contribution in [2.45, 2.75) is 47.0 Å². The van der Waals surface area contributed by atoms with Crippen LogP contribution in [0.3, 0.4) is 0 Å². The summed E-state index contributed by atoms with van der Waals surface area (Å²) in [6.45, 7) is 8.05. The van der Waals surface area contributed by atoms with E-state index in [0.717, 1.165) is 12.0 Å². The fraction of sp³-hybridized carbons (Fsp3) is 0.389. The molecule has 0 aliphatic carbocycles. The van der Waals surface area contributed by atoms with E-state index in [4.69, 9.17) is 0 Å². The molecule has 0 fully saturated rings. The fourth-order valence-corrected chi connectivity index (χ4v) is 1.92. The Kier molecular flexibility index (Phi) is 9.33. The minimum Gasteiger partial charge on any atom is -0.745 e. The molecule has 0 N–H and O–H groups in total. The van der Waals surface area contributed by atoms with E-state index >= 15 is 0 Å². The average Bonchev–Trinajstić information content (AvgIpc) is 3.08. The van der Waals surface area contributed by atoms with Gasteiger partial charge in [0.1, 0.15) is 0 Å². The van der Waals surface area contributed by atoms with Gasteiger partial charge in [0, 0.05) is 19.5 Å². The molecule has 116 valence electrons. The maximum atomic E-state index is 10.8. The fourth-order valence-electron chi connectivity index (χ4n) is 1.92. The van der Waals surface area contributed by atoms with Crippen molar-refractivity contribution in [3.8, 4) is 0 Å². The van der Waals surface area contributed by atoms with Gasteiger partial charge in [-0.1, -0.05) is 39.4 Å². The van der Waals surface area contributed by atoms with Gasteiger partial charge < -0.3 is 34.1 Å².